The van der Waals surface area contributed by atoms with Crippen molar-refractivity contribution >= 4 is 5.91 Å². The SMILES string of the molecule is CCOCc1ccc2c(c1)CC(NC(=O)c1cc3n(n1)CC(C)O3)CO2. The number of hydrogen-bond acceptors (Lipinski definition) is 5. The van der Waals surface area contributed by atoms with Gasteiger partial charge < -0.3 is 19.5 Å². The number of rotatable bonds is 5. The molecule has 7 heteroatoms. The fourth-order valence-electron chi connectivity index (χ4n) is 3.33. The van der Waals surface area contributed by atoms with E-state index in [0.29, 0.717) is 37.9 Å². The highest BCUT2D eigenvalue weighted by molar-refractivity contribution is 5.92. The van der Waals surface area contributed by atoms with Crippen LogP contribution in [0.4, 0.5) is 0 Å². The highest BCUT2D eigenvalue weighted by Gasteiger charge is 2.26. The number of carbonyl (C=O) groups excluding carboxylic acids is 1. The Morgan fingerprint density at radius 2 is 2.31 bits per heavy atom. The minimum Gasteiger partial charge on any atom is -0.491 e. The van der Waals surface area contributed by atoms with E-state index in [1.807, 2.05) is 26.0 Å². The standard InChI is InChI=1S/C19H23N3O4/c1-3-24-10-13-4-5-17-14(6-13)7-15(11-25-17)20-19(23)16-8-18-22(21-16)9-12(2)26-18/h4-6,8,12,15H,3,7,9-11H2,1-2H3,(H,20,23). The summed E-state index contributed by atoms with van der Waals surface area (Å²) < 4.78 is 18.6. The molecule has 0 bridgehead atoms. The van der Waals surface area contributed by atoms with E-state index in [1.165, 1.54) is 0 Å². The van der Waals surface area contributed by atoms with Gasteiger partial charge in [0.15, 0.2) is 5.69 Å². The lowest BCUT2D eigenvalue weighted by Gasteiger charge is -2.26. The number of benzene rings is 1. The predicted octanol–water partition coefficient (Wildman–Crippen LogP) is 1.93. The van der Waals surface area contributed by atoms with E-state index in [1.54, 1.807) is 10.7 Å². The van der Waals surface area contributed by atoms with Gasteiger partial charge in [-0.25, -0.2) is 4.68 Å². The molecule has 2 unspecified atom stereocenters. The summed E-state index contributed by atoms with van der Waals surface area (Å²) in [5.74, 6) is 1.32. The van der Waals surface area contributed by atoms with E-state index < -0.39 is 0 Å². The van der Waals surface area contributed by atoms with Crippen molar-refractivity contribution in [2.24, 2.45) is 0 Å². The van der Waals surface area contributed by atoms with Crippen LogP contribution in [0.1, 0.15) is 35.5 Å². The summed E-state index contributed by atoms with van der Waals surface area (Å²) in [5.41, 5.74) is 2.57. The highest BCUT2D eigenvalue weighted by atomic mass is 16.5. The smallest absolute Gasteiger partial charge is 0.272 e. The van der Waals surface area contributed by atoms with Gasteiger partial charge in [0.2, 0.25) is 5.88 Å². The average Bonchev–Trinajstić information content (AvgIpc) is 3.17. The summed E-state index contributed by atoms with van der Waals surface area (Å²) in [5, 5.41) is 7.33. The molecule has 2 atom stereocenters. The molecule has 138 valence electrons. The van der Waals surface area contributed by atoms with Crippen LogP contribution in [0.3, 0.4) is 0 Å². The number of aromatic nitrogens is 2. The molecule has 1 N–H and O–H groups in total. The highest BCUT2D eigenvalue weighted by Crippen LogP contribution is 2.27. The van der Waals surface area contributed by atoms with Crippen LogP contribution in [0.25, 0.3) is 0 Å². The van der Waals surface area contributed by atoms with Crippen molar-refractivity contribution in [3.63, 3.8) is 0 Å². The first-order valence-electron chi connectivity index (χ1n) is 9.00. The van der Waals surface area contributed by atoms with Gasteiger partial charge in [-0.15, -0.1) is 0 Å². The lowest BCUT2D eigenvalue weighted by Crippen LogP contribution is -2.43. The van der Waals surface area contributed by atoms with E-state index in [2.05, 4.69) is 16.5 Å². The van der Waals surface area contributed by atoms with E-state index in [4.69, 9.17) is 14.2 Å². The van der Waals surface area contributed by atoms with Crippen molar-refractivity contribution < 1.29 is 19.0 Å². The van der Waals surface area contributed by atoms with Gasteiger partial charge in [0.25, 0.3) is 5.91 Å². The second-order valence-electron chi connectivity index (χ2n) is 6.74. The Hall–Kier alpha value is -2.54. The van der Waals surface area contributed by atoms with Gasteiger partial charge >= 0.3 is 0 Å². The molecule has 2 aliphatic rings. The molecule has 0 spiro atoms. The van der Waals surface area contributed by atoms with Crippen LogP contribution >= 0.6 is 0 Å². The number of nitrogens with zero attached hydrogens (tertiary/aromatic N) is 2. The van der Waals surface area contributed by atoms with Gasteiger partial charge in [-0.05, 0) is 43.5 Å². The van der Waals surface area contributed by atoms with Crippen molar-refractivity contribution in [2.45, 2.75) is 45.6 Å². The van der Waals surface area contributed by atoms with Gasteiger partial charge in [0.1, 0.15) is 18.5 Å². The van der Waals surface area contributed by atoms with Gasteiger partial charge in [-0.2, -0.15) is 5.10 Å². The number of fused-ring (bicyclic) bond motifs is 2. The molecule has 0 saturated carbocycles. The first kappa shape index (κ1) is 16.9. The summed E-state index contributed by atoms with van der Waals surface area (Å²) in [4.78, 5) is 12.5. The number of carbonyl (C=O) groups is 1. The fourth-order valence-corrected chi connectivity index (χ4v) is 3.33. The molecule has 26 heavy (non-hydrogen) atoms. The van der Waals surface area contributed by atoms with Crippen molar-refractivity contribution in [3.05, 3.63) is 41.1 Å². The van der Waals surface area contributed by atoms with Crippen molar-refractivity contribution in [3.8, 4) is 11.6 Å². The molecule has 2 aromatic rings. The first-order chi connectivity index (χ1) is 12.6. The Morgan fingerprint density at radius 1 is 1.42 bits per heavy atom. The fraction of sp³-hybridized carbons (Fsp3) is 0.474. The molecular formula is C19H23N3O4. The molecule has 2 aliphatic heterocycles. The second-order valence-corrected chi connectivity index (χ2v) is 6.74. The van der Waals surface area contributed by atoms with Gasteiger partial charge in [0, 0.05) is 12.7 Å². The van der Waals surface area contributed by atoms with Crippen LogP contribution in [-0.4, -0.2) is 41.0 Å². The Labute approximate surface area is 152 Å². The summed E-state index contributed by atoms with van der Waals surface area (Å²) in [7, 11) is 0. The topological polar surface area (TPSA) is 74.6 Å². The zero-order valence-electron chi connectivity index (χ0n) is 15.0. The van der Waals surface area contributed by atoms with E-state index >= 15 is 0 Å². The van der Waals surface area contributed by atoms with Crippen LogP contribution in [0.5, 0.6) is 11.6 Å². The van der Waals surface area contributed by atoms with Crippen LogP contribution in [0.2, 0.25) is 0 Å². The third kappa shape index (κ3) is 3.39. The van der Waals surface area contributed by atoms with Crippen LogP contribution in [0.15, 0.2) is 24.3 Å². The molecular weight excluding hydrogens is 334 g/mol. The van der Waals surface area contributed by atoms with Crippen molar-refractivity contribution in [1.82, 2.24) is 15.1 Å². The second kappa shape index (κ2) is 6.99. The maximum atomic E-state index is 12.5. The van der Waals surface area contributed by atoms with E-state index in [-0.39, 0.29) is 18.1 Å². The van der Waals surface area contributed by atoms with E-state index in [0.717, 1.165) is 23.3 Å². The van der Waals surface area contributed by atoms with Crippen LogP contribution in [0, 0.1) is 0 Å². The van der Waals surface area contributed by atoms with Gasteiger partial charge in [0.05, 0.1) is 19.2 Å². The zero-order chi connectivity index (χ0) is 18.1. The molecule has 1 aromatic carbocycles. The minimum absolute atomic E-state index is 0.0891. The number of ether oxygens (including phenoxy) is 3. The molecule has 0 fully saturated rings. The zero-order valence-corrected chi connectivity index (χ0v) is 15.0. The predicted molar refractivity (Wildman–Crippen MR) is 94.5 cm³/mol. The Morgan fingerprint density at radius 3 is 3.12 bits per heavy atom. The van der Waals surface area contributed by atoms with Crippen LogP contribution < -0.4 is 14.8 Å². The molecule has 1 aromatic heterocycles. The van der Waals surface area contributed by atoms with Crippen LogP contribution in [-0.2, 0) is 24.3 Å². The number of hydrogen-bond donors (Lipinski definition) is 1. The Bertz CT molecular complexity index is 794. The summed E-state index contributed by atoms with van der Waals surface area (Å²) in [6, 6.07) is 7.68. The summed E-state index contributed by atoms with van der Waals surface area (Å²) >= 11 is 0. The van der Waals surface area contributed by atoms with Crippen molar-refractivity contribution in [2.75, 3.05) is 13.2 Å². The molecule has 0 saturated heterocycles. The quantitative estimate of drug-likeness (QED) is 0.885. The lowest BCUT2D eigenvalue weighted by atomic mass is 10.0. The van der Waals surface area contributed by atoms with Crippen molar-refractivity contribution in [1.29, 1.82) is 0 Å². The van der Waals surface area contributed by atoms with Gasteiger partial charge in [-0.1, -0.05) is 6.07 Å². The molecule has 1 amide bonds. The normalized spacial score (nSPS) is 20.7. The maximum absolute atomic E-state index is 12.5. The average molecular weight is 357 g/mol. The Kier molecular flexibility index (Phi) is 4.55. The maximum Gasteiger partial charge on any atom is 0.272 e. The third-order valence-electron chi connectivity index (χ3n) is 4.57. The number of amides is 1. The molecule has 0 radical (unpaired) electrons. The summed E-state index contributed by atoms with van der Waals surface area (Å²) in [6.45, 7) is 6.34. The van der Waals surface area contributed by atoms with E-state index in [9.17, 15) is 4.79 Å². The largest absolute Gasteiger partial charge is 0.491 e. The molecule has 3 heterocycles. The molecule has 4 rings (SSSR count). The lowest BCUT2D eigenvalue weighted by molar-refractivity contribution is 0.0908. The number of nitrogens with one attached hydrogen (secondary N) is 1. The summed E-state index contributed by atoms with van der Waals surface area (Å²) in [6.07, 6.45) is 0.825. The monoisotopic (exact) mass is 357 g/mol. The molecule has 0 aliphatic carbocycles. The minimum atomic E-state index is -0.203. The Balaban J connectivity index is 1.40. The third-order valence-corrected chi connectivity index (χ3v) is 4.57. The molecule has 7 nitrogen and oxygen atoms in total. The van der Waals surface area contributed by atoms with Gasteiger partial charge in [-0.3, -0.25) is 4.79 Å². The first-order valence-corrected chi connectivity index (χ1v) is 9.00.